The normalized spacial score (nSPS) is 35.3. The van der Waals surface area contributed by atoms with E-state index in [-0.39, 0.29) is 0 Å². The second-order valence-electron chi connectivity index (χ2n) is 4.17. The Kier molecular flexibility index (Phi) is 4.11. The number of aliphatic hydroxyl groups is 3. The quantitative estimate of drug-likeness (QED) is 0.525. The van der Waals surface area contributed by atoms with E-state index in [0.717, 1.165) is 11.8 Å². The summed E-state index contributed by atoms with van der Waals surface area (Å²) in [6.07, 6.45) is -3.04. The lowest BCUT2D eigenvalue weighted by molar-refractivity contribution is -0.209. The van der Waals surface area contributed by atoms with Gasteiger partial charge in [0.15, 0.2) is 11.3 Å². The summed E-state index contributed by atoms with van der Waals surface area (Å²) in [5, 5.41) is 38.4. The van der Waals surface area contributed by atoms with E-state index in [4.69, 9.17) is 9.84 Å². The summed E-state index contributed by atoms with van der Waals surface area (Å²) in [7, 11) is 1.73. The molecule has 2 heterocycles. The molecule has 2 rings (SSSR count). The number of carboxylic acids is 1. The van der Waals surface area contributed by atoms with Gasteiger partial charge in [-0.25, -0.2) is 9.78 Å². The van der Waals surface area contributed by atoms with E-state index in [0.29, 0.717) is 5.16 Å². The molecule has 19 heavy (non-hydrogen) atoms. The van der Waals surface area contributed by atoms with Crippen LogP contribution < -0.4 is 0 Å². The summed E-state index contributed by atoms with van der Waals surface area (Å²) in [4.78, 5) is 14.9. The molecule has 1 aliphatic rings. The van der Waals surface area contributed by atoms with Gasteiger partial charge in [-0.3, -0.25) is 0 Å². The number of carbonyl (C=O) groups is 1. The molecule has 0 radical (unpaired) electrons. The summed E-state index contributed by atoms with van der Waals surface area (Å²) >= 11 is 0.978. The van der Waals surface area contributed by atoms with E-state index in [1.165, 1.54) is 6.20 Å². The smallest absolute Gasteiger partial charge is 0.335 e. The largest absolute Gasteiger partial charge is 0.479 e. The van der Waals surface area contributed by atoms with E-state index >= 15 is 0 Å². The third-order valence-corrected chi connectivity index (χ3v) is 4.04. The predicted octanol–water partition coefficient (Wildman–Crippen LogP) is -1.60. The molecule has 0 saturated carbocycles. The number of aliphatic carboxylic acids is 1. The Labute approximate surface area is 112 Å². The molecule has 8 nitrogen and oxygen atoms in total. The second kappa shape index (κ2) is 5.47. The number of carboxylic acid groups (broad SMARTS) is 1. The van der Waals surface area contributed by atoms with Crippen molar-refractivity contribution < 1.29 is 30.0 Å². The van der Waals surface area contributed by atoms with Gasteiger partial charge in [0.25, 0.3) is 0 Å². The Balaban J connectivity index is 2.15. The number of thioether (sulfide) groups is 1. The molecular formula is C10H14N2O6S. The Bertz CT molecular complexity index is 467. The average molecular weight is 290 g/mol. The maximum atomic E-state index is 10.9. The number of hydrogen-bond acceptors (Lipinski definition) is 7. The fraction of sp³-hybridized carbons (Fsp3) is 0.600. The number of ether oxygens (including phenoxy) is 1. The van der Waals surface area contributed by atoms with E-state index < -0.39 is 35.8 Å². The molecule has 1 fully saturated rings. The van der Waals surface area contributed by atoms with Crippen LogP contribution >= 0.6 is 11.8 Å². The lowest BCUT2D eigenvalue weighted by Crippen LogP contribution is -2.58. The van der Waals surface area contributed by atoms with Crippen molar-refractivity contribution in [2.75, 3.05) is 0 Å². The van der Waals surface area contributed by atoms with Crippen LogP contribution in [0.1, 0.15) is 0 Å². The lowest BCUT2D eigenvalue weighted by Gasteiger charge is -2.38. The van der Waals surface area contributed by atoms with Crippen LogP contribution in [0.5, 0.6) is 0 Å². The standard InChI is InChI=1S/C10H14N2O6S/c1-12-3-2-11-10(12)19-9-6(15)4(13)5(14)7(18-9)8(16)17/h2-7,9,13-15H,1H3,(H,16,17)/t4-,5-,6-,7-,9-/m0/s1. The van der Waals surface area contributed by atoms with E-state index in [1.807, 2.05) is 0 Å². The topological polar surface area (TPSA) is 125 Å². The molecule has 4 N–H and O–H groups in total. The maximum Gasteiger partial charge on any atom is 0.335 e. The molecule has 1 aromatic heterocycles. The van der Waals surface area contributed by atoms with Gasteiger partial charge in [-0.1, -0.05) is 11.8 Å². The van der Waals surface area contributed by atoms with Crippen LogP contribution in [0.3, 0.4) is 0 Å². The van der Waals surface area contributed by atoms with Crippen molar-refractivity contribution in [3.8, 4) is 0 Å². The molecule has 106 valence electrons. The molecule has 1 aliphatic heterocycles. The molecule has 0 aliphatic carbocycles. The highest BCUT2D eigenvalue weighted by atomic mass is 32.2. The molecule has 0 amide bonds. The number of aryl methyl sites for hydroxylation is 1. The zero-order valence-electron chi connectivity index (χ0n) is 9.95. The molecule has 1 aromatic rings. The third-order valence-electron chi connectivity index (χ3n) is 2.81. The lowest BCUT2D eigenvalue weighted by atomic mass is 10.0. The van der Waals surface area contributed by atoms with E-state index in [9.17, 15) is 20.1 Å². The van der Waals surface area contributed by atoms with E-state index in [1.54, 1.807) is 17.8 Å². The summed E-state index contributed by atoms with van der Waals surface area (Å²) in [6, 6.07) is 0. The molecule has 5 atom stereocenters. The van der Waals surface area contributed by atoms with Gasteiger partial charge in [0.05, 0.1) is 0 Å². The highest BCUT2D eigenvalue weighted by Gasteiger charge is 2.47. The summed E-state index contributed by atoms with van der Waals surface area (Å²) in [5.74, 6) is -1.40. The maximum absolute atomic E-state index is 10.9. The fourth-order valence-corrected chi connectivity index (χ4v) is 2.75. The molecule has 1 saturated heterocycles. The summed E-state index contributed by atoms with van der Waals surface area (Å²) < 4.78 is 6.78. The Hall–Kier alpha value is -1.13. The van der Waals surface area contributed by atoms with Gasteiger partial charge in [-0.05, 0) is 0 Å². The monoisotopic (exact) mass is 290 g/mol. The average Bonchev–Trinajstić information content (AvgIpc) is 2.75. The van der Waals surface area contributed by atoms with Crippen molar-refractivity contribution in [2.24, 2.45) is 7.05 Å². The van der Waals surface area contributed by atoms with Crippen LogP contribution in [0.15, 0.2) is 17.6 Å². The van der Waals surface area contributed by atoms with Crippen LogP contribution in [-0.2, 0) is 16.6 Å². The number of aromatic nitrogens is 2. The molecule has 0 aromatic carbocycles. The van der Waals surface area contributed by atoms with Gasteiger partial charge in [0.2, 0.25) is 0 Å². The first-order chi connectivity index (χ1) is 8.91. The van der Waals surface area contributed by atoms with Crippen molar-refractivity contribution in [1.29, 1.82) is 0 Å². The number of imidazole rings is 1. The van der Waals surface area contributed by atoms with Gasteiger partial charge >= 0.3 is 5.97 Å². The summed E-state index contributed by atoms with van der Waals surface area (Å²) in [6.45, 7) is 0. The highest BCUT2D eigenvalue weighted by molar-refractivity contribution is 7.99. The van der Waals surface area contributed by atoms with Crippen molar-refractivity contribution in [3.05, 3.63) is 12.4 Å². The van der Waals surface area contributed by atoms with Crippen LogP contribution in [0.2, 0.25) is 0 Å². The Morgan fingerprint density at radius 1 is 1.37 bits per heavy atom. The zero-order chi connectivity index (χ0) is 14.2. The fourth-order valence-electron chi connectivity index (χ4n) is 1.72. The van der Waals surface area contributed by atoms with E-state index in [2.05, 4.69) is 4.98 Å². The van der Waals surface area contributed by atoms with Crippen LogP contribution in [0.25, 0.3) is 0 Å². The van der Waals surface area contributed by atoms with Crippen molar-refractivity contribution in [3.63, 3.8) is 0 Å². The minimum atomic E-state index is -1.68. The Morgan fingerprint density at radius 3 is 2.58 bits per heavy atom. The SMILES string of the molecule is Cn1ccnc1S[C@@H]1O[C@H](C(=O)O)[C@@H](O)[C@H](O)[C@@H]1O. The van der Waals surface area contributed by atoms with Crippen molar-refractivity contribution in [1.82, 2.24) is 9.55 Å². The first-order valence-corrected chi connectivity index (χ1v) is 6.36. The number of nitrogens with zero attached hydrogens (tertiary/aromatic N) is 2. The first-order valence-electron chi connectivity index (χ1n) is 5.48. The second-order valence-corrected chi connectivity index (χ2v) is 5.24. The van der Waals surface area contributed by atoms with Crippen molar-refractivity contribution in [2.45, 2.75) is 35.0 Å². The molecule has 0 unspecified atom stereocenters. The number of hydrogen-bond donors (Lipinski definition) is 4. The Morgan fingerprint density at radius 2 is 2.05 bits per heavy atom. The minimum Gasteiger partial charge on any atom is -0.479 e. The van der Waals surface area contributed by atoms with Crippen LogP contribution in [0.4, 0.5) is 0 Å². The van der Waals surface area contributed by atoms with Gasteiger partial charge in [0.1, 0.15) is 23.7 Å². The molecular weight excluding hydrogens is 276 g/mol. The highest BCUT2D eigenvalue weighted by Crippen LogP contribution is 2.32. The summed E-state index contributed by atoms with van der Waals surface area (Å²) in [5.41, 5.74) is -1.03. The first kappa shape index (κ1) is 14.3. The molecule has 9 heteroatoms. The molecule has 0 spiro atoms. The molecule has 0 bridgehead atoms. The third kappa shape index (κ3) is 2.74. The van der Waals surface area contributed by atoms with Crippen molar-refractivity contribution >= 4 is 17.7 Å². The number of rotatable bonds is 3. The van der Waals surface area contributed by atoms with Crippen LogP contribution in [0, 0.1) is 0 Å². The van der Waals surface area contributed by atoms with Gasteiger partial charge in [-0.2, -0.15) is 0 Å². The van der Waals surface area contributed by atoms with Gasteiger partial charge in [0, 0.05) is 19.4 Å². The number of aliphatic hydroxyl groups excluding tert-OH is 3. The van der Waals surface area contributed by atoms with Gasteiger partial charge in [-0.15, -0.1) is 0 Å². The predicted molar refractivity (Wildman–Crippen MR) is 63.4 cm³/mol. The zero-order valence-corrected chi connectivity index (χ0v) is 10.8. The minimum absolute atomic E-state index is 0.497. The van der Waals surface area contributed by atoms with Gasteiger partial charge < -0.3 is 29.7 Å². The van der Waals surface area contributed by atoms with Crippen LogP contribution in [-0.4, -0.2) is 65.8 Å².